The van der Waals surface area contributed by atoms with Gasteiger partial charge in [-0.1, -0.05) is 13.3 Å². The fraction of sp³-hybridized carbons (Fsp3) is 0.708. The monoisotopic (exact) mass is 446 g/mol. The van der Waals surface area contributed by atoms with E-state index in [1.54, 1.807) is 12.5 Å². The van der Waals surface area contributed by atoms with Gasteiger partial charge in [-0.2, -0.15) is 0 Å². The fourth-order valence-electron chi connectivity index (χ4n) is 7.12. The van der Waals surface area contributed by atoms with E-state index in [0.717, 1.165) is 24.8 Å². The highest BCUT2D eigenvalue weighted by molar-refractivity contribution is 5.81. The molecule has 2 saturated carbocycles. The van der Waals surface area contributed by atoms with Crippen LogP contribution >= 0.6 is 0 Å². The van der Waals surface area contributed by atoms with Gasteiger partial charge in [0.15, 0.2) is 0 Å². The number of cyclic esters (lactones) is 1. The zero-order chi connectivity index (χ0) is 22.7. The van der Waals surface area contributed by atoms with Crippen molar-refractivity contribution in [3.8, 4) is 0 Å². The summed E-state index contributed by atoms with van der Waals surface area (Å²) >= 11 is 0. The number of rotatable bonds is 4. The molecule has 5 rings (SSSR count). The molecule has 0 radical (unpaired) electrons. The van der Waals surface area contributed by atoms with Gasteiger partial charge in [0, 0.05) is 25.8 Å². The molecule has 4 fully saturated rings. The molecule has 0 aromatic carbocycles. The third-order valence-electron chi connectivity index (χ3n) is 8.57. The van der Waals surface area contributed by atoms with Crippen LogP contribution in [0.3, 0.4) is 0 Å². The second-order valence-corrected chi connectivity index (χ2v) is 9.98. The maximum Gasteiger partial charge on any atom is 0.313 e. The van der Waals surface area contributed by atoms with Crippen LogP contribution in [0.2, 0.25) is 0 Å². The highest BCUT2D eigenvalue weighted by Gasteiger charge is 2.78. The van der Waals surface area contributed by atoms with E-state index in [0.29, 0.717) is 19.4 Å². The highest BCUT2D eigenvalue weighted by Crippen LogP contribution is 2.71. The molecule has 0 bridgehead atoms. The van der Waals surface area contributed by atoms with Crippen molar-refractivity contribution in [3.05, 3.63) is 24.2 Å². The fourth-order valence-corrected chi connectivity index (χ4v) is 7.12. The van der Waals surface area contributed by atoms with Crippen LogP contribution in [0.15, 0.2) is 23.0 Å². The Morgan fingerprint density at radius 3 is 2.66 bits per heavy atom. The molecule has 2 saturated heterocycles. The first kappa shape index (κ1) is 21.5. The number of hydrogen-bond donors (Lipinski definition) is 0. The molecule has 3 heterocycles. The SMILES string of the molecule is CC(=O)OC[C@@]12[C@@H](OC(C)=O)C[C@@H](C)[C@]3(C[C@@H](c4ccoc4)OC3=O)[C@@H]1CCC[C@@]21CO1. The van der Waals surface area contributed by atoms with Crippen molar-refractivity contribution in [1.82, 2.24) is 0 Å². The van der Waals surface area contributed by atoms with Gasteiger partial charge in [-0.3, -0.25) is 14.4 Å². The molecule has 2 spiro atoms. The lowest BCUT2D eigenvalue weighted by Crippen LogP contribution is -2.68. The second-order valence-electron chi connectivity index (χ2n) is 9.98. The standard InChI is InChI=1S/C24H30O8/c1-14-9-20(31-16(3)26)24(13-29-15(2)25)19(5-4-7-22(24)12-30-22)23(14)10-18(32-21(23)27)17-6-8-28-11-17/h6,8,11,14,18-20H,4-5,7,9-10,12-13H2,1-3H3/t14-,18+,19+,20+,22-,23-,24+/m1/s1. The average Bonchev–Trinajstić information content (AvgIpc) is 3.16. The van der Waals surface area contributed by atoms with E-state index in [1.807, 2.05) is 13.0 Å². The summed E-state index contributed by atoms with van der Waals surface area (Å²) in [6.45, 7) is 5.37. The zero-order valence-electron chi connectivity index (χ0n) is 18.8. The van der Waals surface area contributed by atoms with Crippen LogP contribution in [0.25, 0.3) is 0 Å². The molecule has 4 aliphatic rings. The van der Waals surface area contributed by atoms with Crippen LogP contribution in [0.1, 0.15) is 64.5 Å². The van der Waals surface area contributed by atoms with Crippen LogP contribution in [0.5, 0.6) is 0 Å². The maximum absolute atomic E-state index is 13.7. The highest BCUT2D eigenvalue weighted by atomic mass is 16.6. The molecular formula is C24H30O8. The van der Waals surface area contributed by atoms with Gasteiger partial charge in [-0.15, -0.1) is 0 Å². The minimum atomic E-state index is -0.792. The lowest BCUT2D eigenvalue weighted by molar-refractivity contribution is -0.228. The number of ether oxygens (including phenoxy) is 4. The Kier molecular flexibility index (Phi) is 4.93. The average molecular weight is 446 g/mol. The molecule has 0 N–H and O–H groups in total. The van der Waals surface area contributed by atoms with Gasteiger partial charge in [0.1, 0.15) is 24.4 Å². The number of epoxide rings is 1. The molecule has 2 aliphatic heterocycles. The first-order valence-corrected chi connectivity index (χ1v) is 11.4. The molecule has 1 aromatic rings. The normalized spacial score (nSPS) is 42.4. The van der Waals surface area contributed by atoms with Crippen LogP contribution in [-0.4, -0.2) is 42.8 Å². The largest absolute Gasteiger partial charge is 0.472 e. The molecule has 174 valence electrons. The second kappa shape index (κ2) is 7.33. The van der Waals surface area contributed by atoms with Gasteiger partial charge in [0.05, 0.1) is 30.0 Å². The molecule has 7 atom stereocenters. The van der Waals surface area contributed by atoms with E-state index < -0.39 is 34.6 Å². The minimum Gasteiger partial charge on any atom is -0.472 e. The van der Waals surface area contributed by atoms with Crippen LogP contribution in [0, 0.1) is 22.7 Å². The van der Waals surface area contributed by atoms with Crippen molar-refractivity contribution in [2.75, 3.05) is 13.2 Å². The Morgan fingerprint density at radius 2 is 2.03 bits per heavy atom. The third-order valence-corrected chi connectivity index (χ3v) is 8.57. The summed E-state index contributed by atoms with van der Waals surface area (Å²) in [6, 6.07) is 1.82. The molecule has 0 unspecified atom stereocenters. The van der Waals surface area contributed by atoms with Crippen molar-refractivity contribution in [2.45, 2.75) is 70.7 Å². The van der Waals surface area contributed by atoms with E-state index in [-0.39, 0.29) is 30.4 Å². The molecule has 8 heteroatoms. The van der Waals surface area contributed by atoms with Gasteiger partial charge >= 0.3 is 17.9 Å². The molecular weight excluding hydrogens is 416 g/mol. The molecule has 2 aliphatic carbocycles. The number of carbonyl (C=O) groups excluding carboxylic acids is 3. The van der Waals surface area contributed by atoms with Crippen molar-refractivity contribution >= 4 is 17.9 Å². The topological polar surface area (TPSA) is 105 Å². The quantitative estimate of drug-likeness (QED) is 0.394. The Labute approximate surface area is 186 Å². The smallest absolute Gasteiger partial charge is 0.313 e. The maximum atomic E-state index is 13.7. The van der Waals surface area contributed by atoms with E-state index in [4.69, 9.17) is 23.4 Å². The lowest BCUT2D eigenvalue weighted by atomic mass is 9.42. The number of esters is 3. The summed E-state index contributed by atoms with van der Waals surface area (Å²) in [5.74, 6) is -1.30. The number of fused-ring (bicyclic) bond motifs is 3. The predicted molar refractivity (Wildman–Crippen MR) is 109 cm³/mol. The Balaban J connectivity index is 1.62. The van der Waals surface area contributed by atoms with Gasteiger partial charge < -0.3 is 23.4 Å². The predicted octanol–water partition coefficient (Wildman–Crippen LogP) is 3.34. The lowest BCUT2D eigenvalue weighted by Gasteiger charge is -2.61. The Morgan fingerprint density at radius 1 is 1.25 bits per heavy atom. The van der Waals surface area contributed by atoms with E-state index in [9.17, 15) is 14.4 Å². The van der Waals surface area contributed by atoms with Crippen molar-refractivity contribution in [3.63, 3.8) is 0 Å². The van der Waals surface area contributed by atoms with Crippen molar-refractivity contribution in [1.29, 1.82) is 0 Å². The van der Waals surface area contributed by atoms with E-state index in [2.05, 4.69) is 0 Å². The number of furan rings is 1. The van der Waals surface area contributed by atoms with Gasteiger partial charge in [0.2, 0.25) is 0 Å². The van der Waals surface area contributed by atoms with E-state index >= 15 is 0 Å². The van der Waals surface area contributed by atoms with Gasteiger partial charge in [0.25, 0.3) is 0 Å². The summed E-state index contributed by atoms with van der Waals surface area (Å²) in [5, 5.41) is 0. The number of hydrogen-bond acceptors (Lipinski definition) is 8. The summed E-state index contributed by atoms with van der Waals surface area (Å²) in [5.41, 5.74) is -1.30. The molecule has 0 amide bonds. The summed E-state index contributed by atoms with van der Waals surface area (Å²) in [7, 11) is 0. The summed E-state index contributed by atoms with van der Waals surface area (Å²) < 4.78 is 28.8. The minimum absolute atomic E-state index is 0.0586. The zero-order valence-corrected chi connectivity index (χ0v) is 18.8. The van der Waals surface area contributed by atoms with Crippen LogP contribution < -0.4 is 0 Å². The first-order valence-electron chi connectivity index (χ1n) is 11.4. The third kappa shape index (κ3) is 2.87. The van der Waals surface area contributed by atoms with E-state index in [1.165, 1.54) is 13.8 Å². The Hall–Kier alpha value is -2.35. The first-order chi connectivity index (χ1) is 15.2. The Bertz CT molecular complexity index is 918. The molecule has 32 heavy (non-hydrogen) atoms. The number of carbonyl (C=O) groups is 3. The van der Waals surface area contributed by atoms with Crippen molar-refractivity contribution in [2.24, 2.45) is 22.7 Å². The molecule has 8 nitrogen and oxygen atoms in total. The van der Waals surface area contributed by atoms with Crippen LogP contribution in [0.4, 0.5) is 0 Å². The summed E-state index contributed by atoms with van der Waals surface area (Å²) in [6.07, 6.45) is 5.72. The van der Waals surface area contributed by atoms with Gasteiger partial charge in [-0.05, 0) is 37.2 Å². The van der Waals surface area contributed by atoms with Crippen LogP contribution in [-0.2, 0) is 33.3 Å². The summed E-state index contributed by atoms with van der Waals surface area (Å²) in [4.78, 5) is 37.7. The molecule has 1 aromatic heterocycles. The van der Waals surface area contributed by atoms with Crippen molar-refractivity contribution < 1.29 is 37.7 Å². The van der Waals surface area contributed by atoms with Gasteiger partial charge in [-0.25, -0.2) is 0 Å².